The second-order valence-electron chi connectivity index (χ2n) is 15.8. The van der Waals surface area contributed by atoms with Crippen LogP contribution in [0.25, 0.3) is 5.76 Å². The van der Waals surface area contributed by atoms with Crippen molar-refractivity contribution in [2.24, 2.45) is 11.8 Å². The molecule has 61 heavy (non-hydrogen) atoms. The number of ketones is 2. The Bertz CT molecular complexity index is 2140. The number of aliphatic hydroxyl groups is 2. The first-order valence-corrected chi connectivity index (χ1v) is 23.4. The minimum atomic E-state index is -0.132. The number of carbonyl (C=O) groups excluding carboxylic acids is 2. The highest BCUT2D eigenvalue weighted by molar-refractivity contribution is 8.01. The smallest absolute Gasteiger partial charge is 0.167 e. The van der Waals surface area contributed by atoms with Crippen LogP contribution >= 0.6 is 23.1 Å². The van der Waals surface area contributed by atoms with Gasteiger partial charge >= 0.3 is 0 Å². The largest absolute Gasteiger partial charge is 0.508 e. The van der Waals surface area contributed by atoms with E-state index in [2.05, 4.69) is 100 Å². The summed E-state index contributed by atoms with van der Waals surface area (Å²) in [6, 6.07) is 40.8. The molecule has 0 radical (unpaired) electrons. The normalized spacial score (nSPS) is 19.0. The van der Waals surface area contributed by atoms with Crippen LogP contribution in [0.1, 0.15) is 104 Å². The number of carbonyl (C=O) groups is 2. The molecule has 2 N–H and O–H groups in total. The van der Waals surface area contributed by atoms with E-state index in [1.54, 1.807) is 12.2 Å². The molecular weight excluding hydrogens is 793 g/mol. The molecule has 320 valence electrons. The van der Waals surface area contributed by atoms with E-state index in [0.717, 1.165) is 30.4 Å². The highest BCUT2D eigenvalue weighted by Crippen LogP contribution is 2.42. The molecule has 8 rings (SSSR count). The molecule has 2 fully saturated rings. The van der Waals surface area contributed by atoms with Crippen LogP contribution in [-0.2, 0) is 27.4 Å². The minimum Gasteiger partial charge on any atom is -0.508 e. The third-order valence-corrected chi connectivity index (χ3v) is 13.3. The van der Waals surface area contributed by atoms with E-state index < -0.39 is 0 Å². The minimum absolute atomic E-state index is 0.0320. The number of Topliss-reactive ketones (excluding diaryl/α,β-unsaturated/α-hetero) is 1. The number of hydrogen-bond donors (Lipinski definition) is 2. The number of aryl methyl sites for hydroxylation is 2. The summed E-state index contributed by atoms with van der Waals surface area (Å²) in [5, 5.41) is 18.4. The van der Waals surface area contributed by atoms with Crippen LogP contribution < -0.4 is 0 Å². The van der Waals surface area contributed by atoms with Crippen molar-refractivity contribution in [3.05, 3.63) is 185 Å². The number of benzene rings is 4. The molecule has 5 aromatic rings. The number of aliphatic hydroxyl groups excluding tert-OH is 2. The van der Waals surface area contributed by atoms with E-state index >= 15 is 0 Å². The van der Waals surface area contributed by atoms with Crippen LogP contribution in [-0.4, -0.2) is 34.0 Å². The Morgan fingerprint density at radius 2 is 1.56 bits per heavy atom. The lowest BCUT2D eigenvalue weighted by atomic mass is 9.94. The molecule has 5 atom stereocenters. The van der Waals surface area contributed by atoms with Crippen molar-refractivity contribution in [1.82, 2.24) is 0 Å². The Labute approximate surface area is 372 Å². The zero-order valence-corrected chi connectivity index (χ0v) is 37.6. The van der Waals surface area contributed by atoms with E-state index in [1.165, 1.54) is 62.8 Å². The van der Waals surface area contributed by atoms with Gasteiger partial charge in [-0.2, -0.15) is 0 Å². The molecule has 1 aliphatic heterocycles. The average molecular weight is 855 g/mol. The van der Waals surface area contributed by atoms with Gasteiger partial charge in [0.05, 0.1) is 16.9 Å². The van der Waals surface area contributed by atoms with Gasteiger partial charge in [0, 0.05) is 33.6 Å². The van der Waals surface area contributed by atoms with Crippen LogP contribution in [0, 0.1) is 18.8 Å². The van der Waals surface area contributed by atoms with E-state index in [0.29, 0.717) is 18.1 Å². The Kier molecular flexibility index (Phi) is 19.5. The molecule has 1 saturated heterocycles. The molecule has 7 heteroatoms. The molecule has 2 aliphatic carbocycles. The van der Waals surface area contributed by atoms with Gasteiger partial charge in [-0.3, -0.25) is 9.59 Å². The van der Waals surface area contributed by atoms with Crippen LogP contribution in [0.2, 0.25) is 0 Å². The second kappa shape index (κ2) is 25.2. The number of ether oxygens (including phenoxy) is 1. The Morgan fingerprint density at radius 3 is 2.11 bits per heavy atom. The monoisotopic (exact) mass is 854 g/mol. The van der Waals surface area contributed by atoms with E-state index in [1.807, 2.05) is 83.8 Å². The van der Waals surface area contributed by atoms with Crippen LogP contribution in [0.5, 0.6) is 0 Å². The number of allylic oxidation sites excluding steroid dienone is 4. The van der Waals surface area contributed by atoms with Crippen molar-refractivity contribution >= 4 is 40.4 Å². The van der Waals surface area contributed by atoms with E-state index in [4.69, 9.17) is 9.84 Å². The van der Waals surface area contributed by atoms with Crippen molar-refractivity contribution in [2.75, 3.05) is 0 Å². The van der Waals surface area contributed by atoms with E-state index in [-0.39, 0.29) is 42.2 Å². The molecule has 5 nitrogen and oxygen atoms in total. The Balaban J connectivity index is 0.000000171. The molecule has 1 saturated carbocycles. The van der Waals surface area contributed by atoms with Gasteiger partial charge in [0.1, 0.15) is 11.9 Å². The maximum absolute atomic E-state index is 11.7. The van der Waals surface area contributed by atoms with Gasteiger partial charge in [-0.15, -0.1) is 17.9 Å². The number of hydrogen-bond acceptors (Lipinski definition) is 7. The number of unbranched alkanes of at least 4 members (excludes halogenated alkanes) is 2. The van der Waals surface area contributed by atoms with Gasteiger partial charge in [-0.1, -0.05) is 166 Å². The molecule has 2 heterocycles. The Morgan fingerprint density at radius 1 is 0.902 bits per heavy atom. The lowest BCUT2D eigenvalue weighted by molar-refractivity contribution is -0.123. The van der Waals surface area contributed by atoms with E-state index in [9.17, 15) is 14.7 Å². The molecular formula is C54H62O5S2. The number of epoxide rings is 1. The molecule has 5 unspecified atom stereocenters. The second-order valence-corrected chi connectivity index (χ2v) is 18.3. The zero-order chi connectivity index (χ0) is 43.4. The lowest BCUT2D eigenvalue weighted by Crippen LogP contribution is -2.13. The summed E-state index contributed by atoms with van der Waals surface area (Å²) in [5.74, 6) is 1.63. The maximum Gasteiger partial charge on any atom is 0.167 e. The fourth-order valence-electron chi connectivity index (χ4n) is 7.35. The van der Waals surface area contributed by atoms with Crippen LogP contribution in [0.4, 0.5) is 0 Å². The molecule has 0 amide bonds. The molecule has 1 aromatic heterocycles. The highest BCUT2D eigenvalue weighted by Gasteiger charge is 2.54. The average Bonchev–Trinajstić information content (AvgIpc) is 3.59. The first-order chi connectivity index (χ1) is 29.7. The predicted molar refractivity (Wildman–Crippen MR) is 254 cm³/mol. The standard InChI is InChI=1S/C24H26S2.C14H14O3.C9H14O.C7H8O/c1-4-6-10-20-17-23(25-21-15-13-18(3)14-16-21)26-24(20)22(5-2)19-11-8-7-9-12-19;15-11(9-4-2-1-3-5-9)7-6-10-8-12-14(17-12)13(10)16;1-2-3-4-8-5-6-9(10)7-8;8-6-7-4-2-1-3-5-7/h5,7-9,11-17,22H,2,4,6,10H2,1,3H3;1-5,7,10,12,14-15H,6,8H2;5-6,8H,2-4,7H2,1H3;1-5,8H,6H2. The summed E-state index contributed by atoms with van der Waals surface area (Å²) in [5.41, 5.74) is 5.88. The summed E-state index contributed by atoms with van der Waals surface area (Å²) < 4.78 is 6.53. The van der Waals surface area contributed by atoms with Gasteiger partial charge in [-0.25, -0.2) is 0 Å². The van der Waals surface area contributed by atoms with Gasteiger partial charge < -0.3 is 14.9 Å². The zero-order valence-electron chi connectivity index (χ0n) is 36.0. The van der Waals surface area contributed by atoms with Gasteiger partial charge in [-0.05, 0) is 92.0 Å². The Hall–Kier alpha value is -4.79. The van der Waals surface area contributed by atoms with Gasteiger partial charge in [0.15, 0.2) is 11.6 Å². The maximum atomic E-state index is 11.7. The highest BCUT2D eigenvalue weighted by atomic mass is 32.2. The fourth-order valence-corrected chi connectivity index (χ4v) is 9.85. The summed E-state index contributed by atoms with van der Waals surface area (Å²) in [7, 11) is 0. The summed E-state index contributed by atoms with van der Waals surface area (Å²) >= 11 is 3.80. The predicted octanol–water partition coefficient (Wildman–Crippen LogP) is 13.7. The van der Waals surface area contributed by atoms with Gasteiger partial charge in [0.2, 0.25) is 0 Å². The lowest BCUT2D eigenvalue weighted by Gasteiger charge is -2.14. The summed E-state index contributed by atoms with van der Waals surface area (Å²) in [4.78, 5) is 25.1. The summed E-state index contributed by atoms with van der Waals surface area (Å²) in [6.07, 6.45) is 17.1. The molecule has 0 bridgehead atoms. The molecule has 3 aliphatic rings. The van der Waals surface area contributed by atoms with Crippen LogP contribution in [0.15, 0.2) is 161 Å². The first kappa shape index (κ1) is 47.3. The quantitative estimate of drug-likeness (QED) is 0.0620. The number of rotatable bonds is 15. The third kappa shape index (κ3) is 15.3. The van der Waals surface area contributed by atoms with Crippen molar-refractivity contribution in [2.45, 2.75) is 112 Å². The molecule has 0 spiro atoms. The van der Waals surface area contributed by atoms with Gasteiger partial charge in [0.25, 0.3) is 0 Å². The number of fused-ring (bicyclic) bond motifs is 1. The van der Waals surface area contributed by atoms with Crippen molar-refractivity contribution in [3.63, 3.8) is 0 Å². The topological polar surface area (TPSA) is 87.1 Å². The van der Waals surface area contributed by atoms with Crippen LogP contribution in [0.3, 0.4) is 0 Å². The summed E-state index contributed by atoms with van der Waals surface area (Å²) in [6.45, 7) is 10.9. The fraction of sp³-hybridized carbons (Fsp3) is 0.333. The number of thiophene rings is 1. The molecule has 4 aromatic carbocycles. The van der Waals surface area contributed by atoms with Crippen molar-refractivity contribution in [3.8, 4) is 0 Å². The van der Waals surface area contributed by atoms with Crippen molar-refractivity contribution in [1.29, 1.82) is 0 Å². The van der Waals surface area contributed by atoms with Crippen molar-refractivity contribution < 1.29 is 24.5 Å². The third-order valence-electron chi connectivity index (χ3n) is 11.0. The first-order valence-electron chi connectivity index (χ1n) is 21.8. The SMILES string of the molecule is C=CC(c1ccccc1)c1sc(Sc2ccc(C)cc2)cc1CCCC.CCCCC1C=CC(=O)C1.O=C1C(CC=C(O)c2ccccc2)CC2OC12.OCc1ccccc1.